The Labute approximate surface area is 117 Å². The fraction of sp³-hybridized carbons (Fsp3) is 0.600. The van der Waals surface area contributed by atoms with E-state index in [0.29, 0.717) is 0 Å². The van der Waals surface area contributed by atoms with E-state index in [9.17, 15) is 0 Å². The molecule has 1 rings (SSSR count). The van der Waals surface area contributed by atoms with E-state index in [1.165, 1.54) is 9.81 Å². The van der Waals surface area contributed by atoms with E-state index in [0.717, 1.165) is 30.7 Å². The van der Waals surface area contributed by atoms with Gasteiger partial charge in [0.15, 0.2) is 0 Å². The van der Waals surface area contributed by atoms with Gasteiger partial charge in [0.2, 0.25) is 0 Å². The predicted octanol–water partition coefficient (Wildman–Crippen LogP) is 0.754. The lowest BCUT2D eigenvalue weighted by molar-refractivity contribution is -0.915. The zero-order chi connectivity index (χ0) is 10.6. The summed E-state index contributed by atoms with van der Waals surface area (Å²) in [5, 5.41) is 0. The van der Waals surface area contributed by atoms with Gasteiger partial charge in [-0.3, -0.25) is 0 Å². The first kappa shape index (κ1) is 15.9. The van der Waals surface area contributed by atoms with Crippen molar-refractivity contribution in [2.45, 2.75) is 13.8 Å². The second-order valence-electron chi connectivity index (χ2n) is 3.54. The van der Waals surface area contributed by atoms with E-state index in [-0.39, 0.29) is 17.0 Å². The summed E-state index contributed by atoms with van der Waals surface area (Å²) in [5.41, 5.74) is 3.37. The van der Waals surface area contributed by atoms with Crippen molar-refractivity contribution >= 4 is 35.0 Å². The van der Waals surface area contributed by atoms with Gasteiger partial charge >= 0.3 is 0 Å². The summed E-state index contributed by atoms with van der Waals surface area (Å²) >= 11 is 13.3. The van der Waals surface area contributed by atoms with Crippen LogP contribution in [0.2, 0.25) is 0 Å². The van der Waals surface area contributed by atoms with Crippen molar-refractivity contribution in [2.75, 3.05) is 26.2 Å². The van der Waals surface area contributed by atoms with Crippen molar-refractivity contribution in [3.63, 3.8) is 0 Å². The average Bonchev–Trinajstić information content (AvgIpc) is 2.28. The van der Waals surface area contributed by atoms with Gasteiger partial charge < -0.3 is 21.5 Å². The van der Waals surface area contributed by atoms with Crippen LogP contribution in [0.25, 0.3) is 0 Å². The normalized spacial score (nSPS) is 25.3. The quantitative estimate of drug-likeness (QED) is 0.673. The van der Waals surface area contributed by atoms with Crippen LogP contribution < -0.4 is 17.0 Å². The van der Waals surface area contributed by atoms with E-state index in [2.05, 4.69) is 13.8 Å². The molecule has 0 saturated carbocycles. The third kappa shape index (κ3) is 3.97. The molecule has 88 valence electrons. The van der Waals surface area contributed by atoms with Gasteiger partial charge in [-0.1, -0.05) is 35.0 Å². The first-order valence-electron chi connectivity index (χ1n) is 4.81. The minimum atomic E-state index is 0. The van der Waals surface area contributed by atoms with Crippen molar-refractivity contribution in [1.82, 2.24) is 0 Å². The average molecular weight is 333 g/mol. The van der Waals surface area contributed by atoms with E-state index < -0.39 is 0 Å². The van der Waals surface area contributed by atoms with Crippen LogP contribution in [0.15, 0.2) is 20.9 Å². The predicted molar refractivity (Wildman–Crippen MR) is 66.5 cm³/mol. The third-order valence-corrected chi connectivity index (χ3v) is 4.63. The fourth-order valence-corrected chi connectivity index (χ4v) is 3.24. The monoisotopic (exact) mass is 331 g/mol. The maximum atomic E-state index is 5.78. The highest BCUT2D eigenvalue weighted by Gasteiger charge is 2.31. The molecular formula is C10H16BrCl2NS. The molecule has 15 heavy (non-hydrogen) atoms. The Morgan fingerprint density at radius 2 is 1.53 bits per heavy atom. The molecule has 0 unspecified atom stereocenters. The van der Waals surface area contributed by atoms with Crippen LogP contribution in [-0.4, -0.2) is 30.7 Å². The minimum Gasteiger partial charge on any atom is -1.00 e. The van der Waals surface area contributed by atoms with Crippen molar-refractivity contribution in [2.24, 2.45) is 0 Å². The summed E-state index contributed by atoms with van der Waals surface area (Å²) in [6.07, 6.45) is 0. The summed E-state index contributed by atoms with van der Waals surface area (Å²) in [6, 6.07) is 0. The standard InChI is InChI=1S/C10H16Cl2NS.BrH/c1-3-13(4-2)7-9(5-11)14-10(6-12)8-13;/h5-6H,3-4,7-8H2,1-2H3;1H/q+1;/p-1/b9-5+,10-6+;. The molecule has 1 fully saturated rings. The Bertz CT molecular complexity index is 240. The Balaban J connectivity index is 0.00000196. The van der Waals surface area contributed by atoms with Gasteiger partial charge in [-0.05, 0) is 13.8 Å². The highest BCUT2D eigenvalue weighted by molar-refractivity contribution is 8.06. The Kier molecular flexibility index (Phi) is 7.64. The second-order valence-corrected chi connectivity index (χ2v) is 5.23. The Morgan fingerprint density at radius 3 is 1.80 bits per heavy atom. The molecule has 0 aromatic carbocycles. The minimum absolute atomic E-state index is 0. The Morgan fingerprint density at radius 1 is 1.13 bits per heavy atom. The van der Waals surface area contributed by atoms with Crippen molar-refractivity contribution in [3.8, 4) is 0 Å². The van der Waals surface area contributed by atoms with E-state index in [1.54, 1.807) is 22.8 Å². The lowest BCUT2D eigenvalue weighted by atomic mass is 10.3. The van der Waals surface area contributed by atoms with Gasteiger partial charge in [0.05, 0.1) is 22.9 Å². The molecule has 0 spiro atoms. The maximum Gasteiger partial charge on any atom is 0.112 e. The first-order chi connectivity index (χ1) is 6.69. The van der Waals surface area contributed by atoms with Crippen LogP contribution in [0, 0.1) is 0 Å². The SMILES string of the molecule is CC[N+]1(CC)C/C(=C\Cl)S/C(=C/Cl)C1.[Br-]. The van der Waals surface area contributed by atoms with Crippen LogP contribution in [0.1, 0.15) is 13.8 Å². The summed E-state index contributed by atoms with van der Waals surface area (Å²) in [6.45, 7) is 8.76. The largest absolute Gasteiger partial charge is 1.00 e. The van der Waals surface area contributed by atoms with Crippen LogP contribution in [0.5, 0.6) is 0 Å². The van der Waals surface area contributed by atoms with Crippen LogP contribution in [-0.2, 0) is 0 Å². The number of rotatable bonds is 2. The molecule has 0 aliphatic carbocycles. The Hall–Kier alpha value is 0.850. The molecule has 1 nitrogen and oxygen atoms in total. The summed E-state index contributed by atoms with van der Waals surface area (Å²) in [4.78, 5) is 2.43. The molecule has 0 aromatic rings. The van der Waals surface area contributed by atoms with E-state index in [4.69, 9.17) is 23.2 Å². The number of hydrogen-bond donors (Lipinski definition) is 0. The van der Waals surface area contributed by atoms with Gasteiger partial charge in [-0.25, -0.2) is 0 Å². The number of likely N-dealkylation sites (N-methyl/N-ethyl adjacent to an activating group) is 1. The number of nitrogens with zero attached hydrogens (tertiary/aromatic N) is 1. The van der Waals surface area contributed by atoms with Crippen LogP contribution >= 0.6 is 35.0 Å². The summed E-state index contributed by atoms with van der Waals surface area (Å²) in [7, 11) is 0. The number of quaternary nitrogens is 1. The highest BCUT2D eigenvalue weighted by atomic mass is 79.9. The molecule has 0 atom stereocenters. The van der Waals surface area contributed by atoms with Gasteiger partial charge in [-0.15, -0.1) is 0 Å². The van der Waals surface area contributed by atoms with Gasteiger partial charge in [0.25, 0.3) is 0 Å². The van der Waals surface area contributed by atoms with Crippen molar-refractivity contribution in [1.29, 1.82) is 0 Å². The van der Waals surface area contributed by atoms with Crippen LogP contribution in [0.4, 0.5) is 0 Å². The number of thioether (sulfide) groups is 1. The molecule has 0 bridgehead atoms. The molecule has 1 aliphatic heterocycles. The third-order valence-electron chi connectivity index (χ3n) is 2.83. The smallest absolute Gasteiger partial charge is 0.112 e. The van der Waals surface area contributed by atoms with E-state index >= 15 is 0 Å². The van der Waals surface area contributed by atoms with Crippen LogP contribution in [0.3, 0.4) is 0 Å². The van der Waals surface area contributed by atoms with Gasteiger partial charge in [0.1, 0.15) is 13.1 Å². The van der Waals surface area contributed by atoms with Crippen molar-refractivity contribution < 1.29 is 21.5 Å². The first-order valence-corrected chi connectivity index (χ1v) is 6.50. The van der Waals surface area contributed by atoms with Gasteiger partial charge in [-0.2, -0.15) is 0 Å². The molecule has 0 aromatic heterocycles. The fourth-order valence-electron chi connectivity index (χ4n) is 1.73. The molecule has 0 radical (unpaired) electrons. The number of hydrogen-bond acceptors (Lipinski definition) is 1. The zero-order valence-electron chi connectivity index (χ0n) is 8.97. The maximum absolute atomic E-state index is 5.78. The van der Waals surface area contributed by atoms with E-state index in [1.807, 2.05) is 0 Å². The molecule has 1 heterocycles. The molecule has 1 aliphatic rings. The molecule has 1 saturated heterocycles. The molecular weight excluding hydrogens is 317 g/mol. The highest BCUT2D eigenvalue weighted by Crippen LogP contribution is 2.36. The second kappa shape index (κ2) is 7.23. The van der Waals surface area contributed by atoms with Crippen molar-refractivity contribution in [3.05, 3.63) is 20.9 Å². The van der Waals surface area contributed by atoms with Gasteiger partial charge in [0, 0.05) is 11.1 Å². The topological polar surface area (TPSA) is 0 Å². The summed E-state index contributed by atoms with van der Waals surface area (Å²) < 4.78 is 1.06. The lowest BCUT2D eigenvalue weighted by Crippen LogP contribution is -3.00. The number of halogens is 3. The zero-order valence-corrected chi connectivity index (χ0v) is 12.9. The lowest BCUT2D eigenvalue weighted by Gasteiger charge is -2.41. The summed E-state index contributed by atoms with van der Waals surface area (Å²) in [5.74, 6) is 0. The molecule has 0 N–H and O–H groups in total. The molecule has 5 heteroatoms. The molecule has 0 amide bonds.